The first-order chi connectivity index (χ1) is 9.49. The van der Waals surface area contributed by atoms with Crippen LogP contribution in [0, 0.1) is 11.7 Å². The molecule has 1 rings (SSSR count). The summed E-state index contributed by atoms with van der Waals surface area (Å²) >= 11 is 5.62. The van der Waals surface area contributed by atoms with Crippen LogP contribution in [0.15, 0.2) is 12.1 Å². The Labute approximate surface area is 122 Å². The SMILES string of the molecule is CCCC(CCO)CNC(=O)c1cc(F)cc(Cl)c1O. The van der Waals surface area contributed by atoms with Gasteiger partial charge in [-0.15, -0.1) is 0 Å². The van der Waals surface area contributed by atoms with Crippen LogP contribution in [-0.2, 0) is 0 Å². The molecule has 112 valence electrons. The van der Waals surface area contributed by atoms with Crippen molar-refractivity contribution in [2.45, 2.75) is 26.2 Å². The zero-order valence-electron chi connectivity index (χ0n) is 11.3. The van der Waals surface area contributed by atoms with E-state index in [1.54, 1.807) is 0 Å². The van der Waals surface area contributed by atoms with Crippen molar-refractivity contribution in [2.24, 2.45) is 5.92 Å². The Balaban J connectivity index is 2.71. The summed E-state index contributed by atoms with van der Waals surface area (Å²) in [5.41, 5.74) is -0.186. The number of aliphatic hydroxyl groups is 1. The highest BCUT2D eigenvalue weighted by Crippen LogP contribution is 2.28. The minimum atomic E-state index is -0.682. The molecule has 0 heterocycles. The average molecular weight is 304 g/mol. The van der Waals surface area contributed by atoms with Crippen LogP contribution < -0.4 is 5.32 Å². The molecule has 6 heteroatoms. The van der Waals surface area contributed by atoms with E-state index in [1.807, 2.05) is 6.92 Å². The molecule has 0 saturated heterocycles. The van der Waals surface area contributed by atoms with E-state index in [0.717, 1.165) is 25.0 Å². The zero-order chi connectivity index (χ0) is 15.1. The highest BCUT2D eigenvalue weighted by Gasteiger charge is 2.17. The van der Waals surface area contributed by atoms with Crippen molar-refractivity contribution in [1.29, 1.82) is 0 Å². The van der Waals surface area contributed by atoms with Crippen molar-refractivity contribution < 1.29 is 19.4 Å². The Hall–Kier alpha value is -1.33. The lowest BCUT2D eigenvalue weighted by Gasteiger charge is -2.16. The molecule has 1 aromatic carbocycles. The summed E-state index contributed by atoms with van der Waals surface area (Å²) in [5, 5.41) is 21.0. The topological polar surface area (TPSA) is 69.6 Å². The number of hydrogen-bond donors (Lipinski definition) is 3. The highest BCUT2D eigenvalue weighted by molar-refractivity contribution is 6.32. The fourth-order valence-corrected chi connectivity index (χ4v) is 2.22. The molecule has 20 heavy (non-hydrogen) atoms. The number of carbonyl (C=O) groups is 1. The van der Waals surface area contributed by atoms with Crippen LogP contribution >= 0.6 is 11.6 Å². The second-order valence-corrected chi connectivity index (χ2v) is 5.07. The molecule has 0 bridgehead atoms. The van der Waals surface area contributed by atoms with Gasteiger partial charge in [0.1, 0.15) is 11.6 Å². The third-order valence-electron chi connectivity index (χ3n) is 3.06. The molecule has 0 radical (unpaired) electrons. The van der Waals surface area contributed by atoms with Crippen molar-refractivity contribution in [2.75, 3.05) is 13.2 Å². The highest BCUT2D eigenvalue weighted by atomic mass is 35.5. The number of aromatic hydroxyl groups is 1. The summed E-state index contributed by atoms with van der Waals surface area (Å²) in [6.07, 6.45) is 2.40. The fraction of sp³-hybridized carbons (Fsp3) is 0.500. The van der Waals surface area contributed by atoms with E-state index in [9.17, 15) is 14.3 Å². The summed E-state index contributed by atoms with van der Waals surface area (Å²) in [6, 6.07) is 1.89. The summed E-state index contributed by atoms with van der Waals surface area (Å²) < 4.78 is 13.2. The smallest absolute Gasteiger partial charge is 0.255 e. The Morgan fingerprint density at radius 2 is 2.15 bits per heavy atom. The molecule has 0 aromatic heterocycles. The maximum atomic E-state index is 13.2. The molecular formula is C14H19ClFNO3. The molecular weight excluding hydrogens is 285 g/mol. The number of aliphatic hydroxyl groups excluding tert-OH is 1. The second kappa shape index (κ2) is 8.07. The number of benzene rings is 1. The Morgan fingerprint density at radius 1 is 1.45 bits per heavy atom. The van der Waals surface area contributed by atoms with Gasteiger partial charge in [0.05, 0.1) is 10.6 Å². The van der Waals surface area contributed by atoms with Gasteiger partial charge < -0.3 is 15.5 Å². The van der Waals surface area contributed by atoms with Gasteiger partial charge in [0, 0.05) is 13.2 Å². The minimum Gasteiger partial charge on any atom is -0.506 e. The number of nitrogens with one attached hydrogen (secondary N) is 1. The summed E-state index contributed by atoms with van der Waals surface area (Å²) in [4.78, 5) is 11.9. The normalized spacial score (nSPS) is 12.2. The van der Waals surface area contributed by atoms with Gasteiger partial charge in [0.2, 0.25) is 0 Å². The number of hydrogen-bond acceptors (Lipinski definition) is 3. The van der Waals surface area contributed by atoms with Crippen LogP contribution in [0.25, 0.3) is 0 Å². The molecule has 1 atom stereocenters. The number of carbonyl (C=O) groups excluding carboxylic acids is 1. The van der Waals surface area contributed by atoms with Gasteiger partial charge in [0.25, 0.3) is 5.91 Å². The standard InChI is InChI=1S/C14H19ClFNO3/c1-2-3-9(4-5-18)8-17-14(20)11-6-10(16)7-12(15)13(11)19/h6-7,9,18-19H,2-5,8H2,1H3,(H,17,20). The fourth-order valence-electron chi connectivity index (χ4n) is 2.01. The van der Waals surface area contributed by atoms with E-state index in [2.05, 4.69) is 5.32 Å². The monoisotopic (exact) mass is 303 g/mol. The molecule has 0 spiro atoms. The first-order valence-corrected chi connectivity index (χ1v) is 6.94. The van der Waals surface area contributed by atoms with Crippen molar-refractivity contribution in [3.63, 3.8) is 0 Å². The van der Waals surface area contributed by atoms with Gasteiger partial charge in [-0.1, -0.05) is 24.9 Å². The number of phenols is 1. The lowest BCUT2D eigenvalue weighted by molar-refractivity contribution is 0.0939. The third kappa shape index (κ3) is 4.65. The van der Waals surface area contributed by atoms with E-state index in [4.69, 9.17) is 16.7 Å². The predicted octanol–water partition coefficient (Wildman–Crippen LogP) is 2.71. The molecule has 0 saturated carbocycles. The maximum absolute atomic E-state index is 13.2. The third-order valence-corrected chi connectivity index (χ3v) is 3.35. The van der Waals surface area contributed by atoms with E-state index in [-0.39, 0.29) is 23.1 Å². The lowest BCUT2D eigenvalue weighted by atomic mass is 10.00. The van der Waals surface area contributed by atoms with Crippen LogP contribution in [0.3, 0.4) is 0 Å². The maximum Gasteiger partial charge on any atom is 0.255 e. The molecule has 0 aliphatic rings. The van der Waals surface area contributed by atoms with Crippen LogP contribution in [0.1, 0.15) is 36.5 Å². The Morgan fingerprint density at radius 3 is 2.75 bits per heavy atom. The van der Waals surface area contributed by atoms with E-state index >= 15 is 0 Å². The van der Waals surface area contributed by atoms with Crippen molar-refractivity contribution in [3.8, 4) is 5.75 Å². The summed E-state index contributed by atoms with van der Waals surface area (Å²) in [7, 11) is 0. The van der Waals surface area contributed by atoms with Gasteiger partial charge in [-0.2, -0.15) is 0 Å². The van der Waals surface area contributed by atoms with Gasteiger partial charge in [0.15, 0.2) is 0 Å². The first-order valence-electron chi connectivity index (χ1n) is 6.56. The lowest BCUT2D eigenvalue weighted by Crippen LogP contribution is -2.30. The summed E-state index contributed by atoms with van der Waals surface area (Å²) in [6.45, 7) is 2.43. The zero-order valence-corrected chi connectivity index (χ0v) is 12.1. The van der Waals surface area contributed by atoms with Crippen molar-refractivity contribution in [1.82, 2.24) is 5.32 Å². The average Bonchev–Trinajstić information content (AvgIpc) is 2.40. The number of amides is 1. The Kier molecular flexibility index (Phi) is 6.75. The van der Waals surface area contributed by atoms with E-state index in [0.29, 0.717) is 13.0 Å². The quantitative estimate of drug-likeness (QED) is 0.725. The van der Waals surface area contributed by atoms with Crippen LogP contribution in [0.4, 0.5) is 4.39 Å². The van der Waals surface area contributed by atoms with Crippen molar-refractivity contribution in [3.05, 3.63) is 28.5 Å². The first kappa shape index (κ1) is 16.7. The van der Waals surface area contributed by atoms with Gasteiger partial charge in [-0.05, 0) is 30.9 Å². The van der Waals surface area contributed by atoms with E-state index in [1.165, 1.54) is 0 Å². The van der Waals surface area contributed by atoms with Gasteiger partial charge in [-0.25, -0.2) is 4.39 Å². The number of rotatable bonds is 7. The molecule has 3 N–H and O–H groups in total. The van der Waals surface area contributed by atoms with Crippen LogP contribution in [0.2, 0.25) is 5.02 Å². The summed E-state index contributed by atoms with van der Waals surface area (Å²) in [5.74, 6) is -1.54. The second-order valence-electron chi connectivity index (χ2n) is 4.66. The molecule has 1 aromatic rings. The van der Waals surface area contributed by atoms with Gasteiger partial charge >= 0.3 is 0 Å². The van der Waals surface area contributed by atoms with Crippen LogP contribution in [0.5, 0.6) is 5.75 Å². The van der Waals surface area contributed by atoms with Crippen LogP contribution in [-0.4, -0.2) is 29.3 Å². The largest absolute Gasteiger partial charge is 0.506 e. The predicted molar refractivity (Wildman–Crippen MR) is 75.5 cm³/mol. The molecule has 0 fully saturated rings. The van der Waals surface area contributed by atoms with Crippen molar-refractivity contribution >= 4 is 17.5 Å². The molecule has 0 aliphatic carbocycles. The molecule has 4 nitrogen and oxygen atoms in total. The number of halogens is 2. The molecule has 1 amide bonds. The number of phenolic OH excluding ortho intramolecular Hbond substituents is 1. The van der Waals surface area contributed by atoms with E-state index < -0.39 is 17.5 Å². The molecule has 0 aliphatic heterocycles. The minimum absolute atomic E-state index is 0.0532. The molecule has 1 unspecified atom stereocenters. The van der Waals surface area contributed by atoms with Gasteiger partial charge in [-0.3, -0.25) is 4.79 Å². The Bertz CT molecular complexity index is 462.